The molecule has 31 heavy (non-hydrogen) atoms. The predicted octanol–water partition coefficient (Wildman–Crippen LogP) is 3.06. The third-order valence-electron chi connectivity index (χ3n) is 4.95. The molecule has 162 valence electrons. The van der Waals surface area contributed by atoms with E-state index in [1.54, 1.807) is 24.3 Å². The maximum Gasteiger partial charge on any atom is 0.234 e. The molecule has 0 aliphatic carbocycles. The molecule has 1 amide bonds. The quantitative estimate of drug-likeness (QED) is 0.330. The Kier molecular flexibility index (Phi) is 6.47. The van der Waals surface area contributed by atoms with Crippen molar-refractivity contribution in [3.63, 3.8) is 0 Å². The van der Waals surface area contributed by atoms with Gasteiger partial charge in [-0.15, -0.1) is 0 Å². The van der Waals surface area contributed by atoms with Gasteiger partial charge in [0.25, 0.3) is 0 Å². The lowest BCUT2D eigenvalue weighted by atomic mass is 10.2. The molecular formula is C21H22BrFN6O2. The van der Waals surface area contributed by atoms with Gasteiger partial charge in [0.15, 0.2) is 0 Å². The highest BCUT2D eigenvalue weighted by molar-refractivity contribution is 9.10. The molecule has 1 fully saturated rings. The van der Waals surface area contributed by atoms with Gasteiger partial charge in [0.05, 0.1) is 30.0 Å². The fraction of sp³-hybridized carbons (Fsp3) is 0.286. The molecule has 2 aromatic carbocycles. The van der Waals surface area contributed by atoms with Crippen LogP contribution in [0.2, 0.25) is 0 Å². The van der Waals surface area contributed by atoms with Crippen LogP contribution in [0, 0.1) is 5.82 Å². The van der Waals surface area contributed by atoms with Crippen LogP contribution in [0.5, 0.6) is 5.75 Å². The number of nitrogens with two attached hydrogens (primary N) is 1. The minimum atomic E-state index is -0.412. The first kappa shape index (κ1) is 21.3. The molecule has 1 aliphatic heterocycles. The Morgan fingerprint density at radius 1 is 1.26 bits per heavy atom. The van der Waals surface area contributed by atoms with Crippen molar-refractivity contribution in [2.24, 2.45) is 0 Å². The van der Waals surface area contributed by atoms with E-state index < -0.39 is 5.82 Å². The summed E-state index contributed by atoms with van der Waals surface area (Å²) in [5.41, 5.74) is 7.43. The molecule has 4 rings (SSSR count). The number of likely N-dealkylation sites (tertiary alicyclic amines) is 1. The third-order valence-corrected chi connectivity index (χ3v) is 5.44. The SMILES string of the molecule is Nc1cc2c(Nc3ccc(Br)cc3F)ncnc2cc1OCCNC(=O)CN1CCC1. The average Bonchev–Trinajstić information content (AvgIpc) is 2.71. The number of amides is 1. The molecule has 2 heterocycles. The Morgan fingerprint density at radius 3 is 2.84 bits per heavy atom. The van der Waals surface area contributed by atoms with Crippen LogP contribution in [0.15, 0.2) is 41.1 Å². The lowest BCUT2D eigenvalue weighted by molar-refractivity contribution is -0.123. The molecule has 3 aromatic rings. The zero-order chi connectivity index (χ0) is 21.8. The van der Waals surface area contributed by atoms with Crippen molar-refractivity contribution in [3.8, 4) is 5.75 Å². The largest absolute Gasteiger partial charge is 0.490 e. The maximum absolute atomic E-state index is 14.2. The lowest BCUT2D eigenvalue weighted by Gasteiger charge is -2.29. The first-order valence-corrected chi connectivity index (χ1v) is 10.7. The molecule has 0 radical (unpaired) electrons. The highest BCUT2D eigenvalue weighted by Crippen LogP contribution is 2.32. The Hall–Kier alpha value is -2.98. The predicted molar refractivity (Wildman–Crippen MR) is 121 cm³/mol. The van der Waals surface area contributed by atoms with E-state index in [1.165, 1.54) is 12.4 Å². The zero-order valence-corrected chi connectivity index (χ0v) is 18.3. The standard InChI is InChI=1S/C21H22BrFN6O2/c22-13-2-3-17(15(23)8-13)28-21-14-9-16(24)19(10-18(14)26-12-27-21)31-7-4-25-20(30)11-29-5-1-6-29/h2-3,8-10,12H,1,4-7,11,24H2,(H,25,30)(H,26,27,28). The van der Waals surface area contributed by atoms with Crippen LogP contribution in [0.25, 0.3) is 10.9 Å². The molecule has 0 unspecified atom stereocenters. The topological polar surface area (TPSA) is 105 Å². The molecule has 1 saturated heterocycles. The number of rotatable bonds is 8. The molecule has 0 saturated carbocycles. The number of benzene rings is 2. The summed E-state index contributed by atoms with van der Waals surface area (Å²) in [6.07, 6.45) is 2.54. The summed E-state index contributed by atoms with van der Waals surface area (Å²) >= 11 is 3.24. The summed E-state index contributed by atoms with van der Waals surface area (Å²) in [6.45, 7) is 3.03. The summed E-state index contributed by atoms with van der Waals surface area (Å²) < 4.78 is 20.6. The number of nitrogens with one attached hydrogen (secondary N) is 2. The number of nitrogens with zero attached hydrogens (tertiary/aromatic N) is 3. The fourth-order valence-electron chi connectivity index (χ4n) is 3.19. The van der Waals surface area contributed by atoms with Crippen molar-refractivity contribution < 1.29 is 13.9 Å². The number of carbonyl (C=O) groups is 1. The van der Waals surface area contributed by atoms with Crippen molar-refractivity contribution in [1.29, 1.82) is 0 Å². The van der Waals surface area contributed by atoms with Gasteiger partial charge in [0, 0.05) is 15.9 Å². The smallest absolute Gasteiger partial charge is 0.234 e. The van der Waals surface area contributed by atoms with Crippen LogP contribution in [0.1, 0.15) is 6.42 Å². The number of halogens is 2. The van der Waals surface area contributed by atoms with E-state index in [4.69, 9.17) is 10.5 Å². The van der Waals surface area contributed by atoms with Crippen LogP contribution in [0.3, 0.4) is 0 Å². The summed E-state index contributed by atoms with van der Waals surface area (Å²) in [5.74, 6) is 0.468. The molecule has 4 N–H and O–H groups in total. The first-order valence-electron chi connectivity index (χ1n) is 9.88. The summed E-state index contributed by atoms with van der Waals surface area (Å²) in [7, 11) is 0. The van der Waals surface area contributed by atoms with Gasteiger partial charge < -0.3 is 21.1 Å². The second-order valence-electron chi connectivity index (χ2n) is 7.21. The molecule has 8 nitrogen and oxygen atoms in total. The summed E-state index contributed by atoms with van der Waals surface area (Å²) in [4.78, 5) is 22.4. The normalized spacial score (nSPS) is 13.6. The van der Waals surface area contributed by atoms with Crippen molar-refractivity contribution >= 4 is 49.9 Å². The van der Waals surface area contributed by atoms with Gasteiger partial charge in [-0.25, -0.2) is 14.4 Å². The van der Waals surface area contributed by atoms with Crippen LogP contribution >= 0.6 is 15.9 Å². The average molecular weight is 489 g/mol. The number of anilines is 3. The monoisotopic (exact) mass is 488 g/mol. The number of ether oxygens (including phenoxy) is 1. The minimum Gasteiger partial charge on any atom is -0.490 e. The summed E-state index contributed by atoms with van der Waals surface area (Å²) in [6, 6.07) is 8.11. The molecule has 0 bridgehead atoms. The molecule has 0 atom stereocenters. The van der Waals surface area contributed by atoms with E-state index >= 15 is 0 Å². The van der Waals surface area contributed by atoms with Gasteiger partial charge in [-0.1, -0.05) is 15.9 Å². The van der Waals surface area contributed by atoms with E-state index in [1.807, 2.05) is 0 Å². The second-order valence-corrected chi connectivity index (χ2v) is 8.12. The van der Waals surface area contributed by atoms with Crippen LogP contribution in [-0.4, -0.2) is 53.6 Å². The molecule has 0 spiro atoms. The van der Waals surface area contributed by atoms with Crippen molar-refractivity contribution in [2.45, 2.75) is 6.42 Å². The highest BCUT2D eigenvalue weighted by atomic mass is 79.9. The van der Waals surface area contributed by atoms with Crippen molar-refractivity contribution in [1.82, 2.24) is 20.2 Å². The van der Waals surface area contributed by atoms with E-state index in [-0.39, 0.29) is 18.2 Å². The van der Waals surface area contributed by atoms with Crippen molar-refractivity contribution in [3.05, 3.63) is 46.9 Å². The van der Waals surface area contributed by atoms with E-state index in [2.05, 4.69) is 41.4 Å². The maximum atomic E-state index is 14.2. The Balaban J connectivity index is 1.41. The van der Waals surface area contributed by atoms with Gasteiger partial charge in [-0.3, -0.25) is 9.69 Å². The second kappa shape index (κ2) is 9.44. The van der Waals surface area contributed by atoms with Gasteiger partial charge in [-0.2, -0.15) is 0 Å². The number of hydrogen-bond acceptors (Lipinski definition) is 7. The Morgan fingerprint density at radius 2 is 2.10 bits per heavy atom. The number of aromatic nitrogens is 2. The van der Waals surface area contributed by atoms with Gasteiger partial charge in [0.1, 0.15) is 30.3 Å². The number of fused-ring (bicyclic) bond motifs is 1. The number of nitrogen functional groups attached to an aromatic ring is 1. The summed E-state index contributed by atoms with van der Waals surface area (Å²) in [5, 5.41) is 6.45. The first-order chi connectivity index (χ1) is 15.0. The molecule has 10 heteroatoms. The van der Waals surface area contributed by atoms with Gasteiger partial charge in [0.2, 0.25) is 5.91 Å². The Bertz CT molecular complexity index is 1110. The Labute approximate surface area is 187 Å². The van der Waals surface area contributed by atoms with E-state index in [0.29, 0.717) is 45.7 Å². The molecule has 1 aromatic heterocycles. The fourth-order valence-corrected chi connectivity index (χ4v) is 3.53. The van der Waals surface area contributed by atoms with Crippen LogP contribution in [-0.2, 0) is 4.79 Å². The van der Waals surface area contributed by atoms with E-state index in [9.17, 15) is 9.18 Å². The van der Waals surface area contributed by atoms with Gasteiger partial charge in [-0.05, 0) is 43.8 Å². The molecule has 1 aliphatic rings. The zero-order valence-electron chi connectivity index (χ0n) is 16.7. The van der Waals surface area contributed by atoms with Crippen molar-refractivity contribution in [2.75, 3.05) is 43.8 Å². The number of carbonyl (C=O) groups excluding carboxylic acids is 1. The lowest BCUT2D eigenvalue weighted by Crippen LogP contribution is -2.45. The number of hydrogen-bond donors (Lipinski definition) is 3. The van der Waals surface area contributed by atoms with Crippen LogP contribution < -0.4 is 21.1 Å². The minimum absolute atomic E-state index is 0.0154. The molecular weight excluding hydrogens is 467 g/mol. The van der Waals surface area contributed by atoms with Crippen LogP contribution in [0.4, 0.5) is 21.6 Å². The van der Waals surface area contributed by atoms with E-state index in [0.717, 1.165) is 19.5 Å². The van der Waals surface area contributed by atoms with Gasteiger partial charge >= 0.3 is 0 Å². The third kappa shape index (κ3) is 5.20. The highest BCUT2D eigenvalue weighted by Gasteiger charge is 2.16.